The van der Waals surface area contributed by atoms with Gasteiger partial charge in [-0.3, -0.25) is 4.79 Å². The molecule has 0 aromatic heterocycles. The van der Waals surface area contributed by atoms with Gasteiger partial charge < -0.3 is 4.74 Å². The molecule has 5 nitrogen and oxygen atoms in total. The van der Waals surface area contributed by atoms with E-state index in [0.29, 0.717) is 5.56 Å². The van der Waals surface area contributed by atoms with E-state index in [-0.39, 0.29) is 6.61 Å². The number of aryl methyl sites for hydroxylation is 1. The molecule has 0 saturated heterocycles. The van der Waals surface area contributed by atoms with Crippen LogP contribution in [0.4, 0.5) is 0 Å². The Labute approximate surface area is 124 Å². The summed E-state index contributed by atoms with van der Waals surface area (Å²) >= 11 is 0. The van der Waals surface area contributed by atoms with Crippen LogP contribution in [-0.2, 0) is 19.4 Å². The zero-order chi connectivity index (χ0) is 15.8. The van der Waals surface area contributed by atoms with Crippen molar-refractivity contribution in [2.24, 2.45) is 5.41 Å². The molecule has 1 fully saturated rings. The number of nitriles is 1. The van der Waals surface area contributed by atoms with Gasteiger partial charge in [-0.05, 0) is 19.4 Å². The lowest BCUT2D eigenvalue weighted by Gasteiger charge is -2.08. The van der Waals surface area contributed by atoms with Crippen LogP contribution >= 0.6 is 0 Å². The highest BCUT2D eigenvalue weighted by molar-refractivity contribution is 7.91. The van der Waals surface area contributed by atoms with Gasteiger partial charge in [0.25, 0.3) is 0 Å². The van der Waals surface area contributed by atoms with Crippen LogP contribution in [0.5, 0.6) is 0 Å². The van der Waals surface area contributed by atoms with Gasteiger partial charge >= 0.3 is 5.97 Å². The van der Waals surface area contributed by atoms with E-state index in [1.54, 1.807) is 19.1 Å². The summed E-state index contributed by atoms with van der Waals surface area (Å²) in [5.74, 6) is -1.43. The van der Waals surface area contributed by atoms with Crippen molar-refractivity contribution in [1.29, 1.82) is 5.26 Å². The molecule has 1 aliphatic rings. The Bertz CT molecular complexity index is 702. The predicted octanol–water partition coefficient (Wildman–Crippen LogP) is 1.58. The molecule has 21 heavy (non-hydrogen) atoms. The van der Waals surface area contributed by atoms with Crippen molar-refractivity contribution in [3.63, 3.8) is 0 Å². The molecule has 0 heterocycles. The molecule has 2 rings (SSSR count). The smallest absolute Gasteiger partial charge is 0.328 e. The van der Waals surface area contributed by atoms with Crippen molar-refractivity contribution >= 4 is 15.8 Å². The first-order valence-corrected chi connectivity index (χ1v) is 8.58. The maximum absolute atomic E-state index is 12.2. The second kappa shape index (κ2) is 5.15. The first-order chi connectivity index (χ1) is 9.79. The lowest BCUT2D eigenvalue weighted by atomic mass is 10.00. The average molecular weight is 307 g/mol. The number of hydrogen-bond acceptors (Lipinski definition) is 5. The second-order valence-corrected chi connectivity index (χ2v) is 7.51. The van der Waals surface area contributed by atoms with Gasteiger partial charge in [0.1, 0.15) is 5.25 Å². The quantitative estimate of drug-likeness (QED) is 0.788. The number of esters is 1. The number of carbonyl (C=O) groups is 1. The summed E-state index contributed by atoms with van der Waals surface area (Å²) in [4.78, 5) is 12.2. The Kier molecular flexibility index (Phi) is 3.81. The monoisotopic (exact) mass is 307 g/mol. The fourth-order valence-electron chi connectivity index (χ4n) is 2.82. The van der Waals surface area contributed by atoms with Crippen LogP contribution in [0.3, 0.4) is 0 Å². The molecule has 0 radical (unpaired) electrons. The molecule has 1 aliphatic carbocycles. The van der Waals surface area contributed by atoms with E-state index in [4.69, 9.17) is 4.74 Å². The number of rotatable bonds is 4. The van der Waals surface area contributed by atoms with E-state index in [0.717, 1.165) is 11.8 Å². The zero-order valence-corrected chi connectivity index (χ0v) is 13.0. The number of benzene rings is 1. The summed E-state index contributed by atoms with van der Waals surface area (Å²) in [6.45, 7) is 3.65. The molecule has 1 aromatic carbocycles. The third-order valence-corrected chi connectivity index (χ3v) is 5.40. The number of sulfone groups is 1. The predicted molar refractivity (Wildman–Crippen MR) is 77.2 cm³/mol. The van der Waals surface area contributed by atoms with E-state index in [1.807, 2.05) is 25.1 Å². The molecule has 0 aliphatic heterocycles. The van der Waals surface area contributed by atoms with Crippen LogP contribution in [0.25, 0.3) is 0 Å². The van der Waals surface area contributed by atoms with Gasteiger partial charge in [0.15, 0.2) is 15.3 Å². The Hall–Kier alpha value is -1.87. The van der Waals surface area contributed by atoms with E-state index >= 15 is 0 Å². The van der Waals surface area contributed by atoms with Crippen LogP contribution in [0, 0.1) is 23.7 Å². The molecule has 0 spiro atoms. The zero-order valence-electron chi connectivity index (χ0n) is 12.2. The minimum Gasteiger partial charge on any atom is -0.465 e. The topological polar surface area (TPSA) is 84.2 Å². The maximum Gasteiger partial charge on any atom is 0.328 e. The molecule has 112 valence electrons. The highest BCUT2D eigenvalue weighted by Gasteiger charge is 2.76. The minimum absolute atomic E-state index is 0.110. The van der Waals surface area contributed by atoms with Crippen LogP contribution < -0.4 is 0 Å². The Balaban J connectivity index is 2.50. The second-order valence-electron chi connectivity index (χ2n) is 5.34. The standard InChI is InChI=1S/C15H17NO4S/c1-4-20-14(17)15(9-16)12(13(15)21(3,18)19)11-7-5-10(2)6-8-11/h5-8,12-13H,4H2,1-3H3/t12-,13+,15+/m1/s1. The highest BCUT2D eigenvalue weighted by Crippen LogP contribution is 2.63. The van der Waals surface area contributed by atoms with Crippen LogP contribution in [0.1, 0.15) is 24.0 Å². The highest BCUT2D eigenvalue weighted by atomic mass is 32.2. The van der Waals surface area contributed by atoms with E-state index in [9.17, 15) is 18.5 Å². The molecule has 0 bridgehead atoms. The van der Waals surface area contributed by atoms with Crippen molar-refractivity contribution in [2.75, 3.05) is 12.9 Å². The summed E-state index contributed by atoms with van der Waals surface area (Å²) in [5, 5.41) is 8.41. The molecule has 6 heteroatoms. The third kappa shape index (κ3) is 2.42. The van der Waals surface area contributed by atoms with Crippen molar-refractivity contribution < 1.29 is 17.9 Å². The van der Waals surface area contributed by atoms with Crippen molar-refractivity contribution in [1.82, 2.24) is 0 Å². The molecular formula is C15H17NO4S. The van der Waals surface area contributed by atoms with E-state index in [1.165, 1.54) is 0 Å². The Morgan fingerprint density at radius 3 is 2.38 bits per heavy atom. The van der Waals surface area contributed by atoms with Gasteiger partial charge in [-0.15, -0.1) is 0 Å². The fourth-order valence-corrected chi connectivity index (χ4v) is 4.58. The largest absolute Gasteiger partial charge is 0.465 e. The average Bonchev–Trinajstić information content (AvgIpc) is 3.10. The number of ether oxygens (including phenoxy) is 1. The molecule has 0 N–H and O–H groups in total. The van der Waals surface area contributed by atoms with Crippen molar-refractivity contribution in [3.05, 3.63) is 35.4 Å². The lowest BCUT2D eigenvalue weighted by molar-refractivity contribution is -0.147. The maximum atomic E-state index is 12.2. The van der Waals surface area contributed by atoms with Crippen molar-refractivity contribution in [3.8, 4) is 6.07 Å². The molecule has 0 amide bonds. The van der Waals surface area contributed by atoms with E-state index < -0.39 is 32.4 Å². The van der Waals surface area contributed by atoms with Gasteiger partial charge in [0.05, 0.1) is 12.7 Å². The van der Waals surface area contributed by atoms with Gasteiger partial charge in [-0.1, -0.05) is 29.8 Å². The van der Waals surface area contributed by atoms with Gasteiger partial charge in [-0.25, -0.2) is 8.42 Å². The van der Waals surface area contributed by atoms with Crippen LogP contribution in [0.15, 0.2) is 24.3 Å². The van der Waals surface area contributed by atoms with Gasteiger partial charge in [0.2, 0.25) is 0 Å². The number of hydrogen-bond donors (Lipinski definition) is 0. The first-order valence-electron chi connectivity index (χ1n) is 6.63. The third-order valence-electron chi connectivity index (χ3n) is 3.83. The Morgan fingerprint density at radius 1 is 1.38 bits per heavy atom. The SMILES string of the molecule is CCOC(=O)[C@@]1(C#N)[C@H](c2ccc(C)cc2)[C@@H]1S(C)(=O)=O. The van der Waals surface area contributed by atoms with Crippen LogP contribution in [0.2, 0.25) is 0 Å². The molecule has 1 saturated carbocycles. The van der Waals surface area contributed by atoms with Crippen molar-refractivity contribution in [2.45, 2.75) is 25.0 Å². The minimum atomic E-state index is -3.54. The molecular weight excluding hydrogens is 290 g/mol. The molecule has 3 atom stereocenters. The summed E-state index contributed by atoms with van der Waals surface area (Å²) in [7, 11) is -3.54. The lowest BCUT2D eigenvalue weighted by Crippen LogP contribution is -2.24. The molecule has 1 aromatic rings. The first kappa shape index (κ1) is 15.5. The van der Waals surface area contributed by atoms with Crippen LogP contribution in [-0.4, -0.2) is 32.5 Å². The Morgan fingerprint density at radius 2 is 1.95 bits per heavy atom. The van der Waals surface area contributed by atoms with Gasteiger partial charge in [-0.2, -0.15) is 5.26 Å². The molecule has 0 unspecified atom stereocenters. The van der Waals surface area contributed by atoms with E-state index in [2.05, 4.69) is 0 Å². The fraction of sp³-hybridized carbons (Fsp3) is 0.467. The van der Waals surface area contributed by atoms with Gasteiger partial charge in [0, 0.05) is 12.2 Å². The number of carbonyl (C=O) groups excluding carboxylic acids is 1. The summed E-state index contributed by atoms with van der Waals surface area (Å²) in [6, 6.07) is 9.09. The number of nitrogens with zero attached hydrogens (tertiary/aromatic N) is 1. The summed E-state index contributed by atoms with van der Waals surface area (Å²) in [6.07, 6.45) is 1.05. The summed E-state index contributed by atoms with van der Waals surface area (Å²) in [5.41, 5.74) is 0.0680. The summed E-state index contributed by atoms with van der Waals surface area (Å²) < 4.78 is 28.9. The normalized spacial score (nSPS) is 27.7.